The van der Waals surface area contributed by atoms with Gasteiger partial charge in [0.1, 0.15) is 0 Å². The lowest BCUT2D eigenvalue weighted by Crippen LogP contribution is -2.46. The molecule has 1 aromatic rings. The van der Waals surface area contributed by atoms with Gasteiger partial charge < -0.3 is 10.6 Å². The number of nitrogens with two attached hydrogens (primary N) is 1. The fourth-order valence-electron chi connectivity index (χ4n) is 2.12. The van der Waals surface area contributed by atoms with Crippen molar-refractivity contribution in [3.8, 4) is 0 Å². The van der Waals surface area contributed by atoms with Gasteiger partial charge in [-0.2, -0.15) is 0 Å². The summed E-state index contributed by atoms with van der Waals surface area (Å²) in [5, 5.41) is 0. The van der Waals surface area contributed by atoms with Gasteiger partial charge in [0.05, 0.1) is 0 Å². The highest BCUT2D eigenvalue weighted by Gasteiger charge is 2.19. The largest absolute Gasteiger partial charge is 0.324 e. The van der Waals surface area contributed by atoms with Crippen LogP contribution in [0.4, 0.5) is 0 Å². The minimum absolute atomic E-state index is 0.0868. The van der Waals surface area contributed by atoms with E-state index in [1.54, 1.807) is 0 Å². The highest BCUT2D eigenvalue weighted by molar-refractivity contribution is 5.09. The van der Waals surface area contributed by atoms with Crippen LogP contribution in [-0.4, -0.2) is 29.0 Å². The summed E-state index contributed by atoms with van der Waals surface area (Å²) < 4.78 is 0. The van der Waals surface area contributed by atoms with Gasteiger partial charge in [-0.05, 0) is 38.1 Å². The molecule has 1 aromatic heterocycles. The zero-order chi connectivity index (χ0) is 12.0. The molecule has 0 bridgehead atoms. The first-order valence-corrected chi connectivity index (χ1v) is 5.90. The summed E-state index contributed by atoms with van der Waals surface area (Å²) in [6.45, 7) is 6.15. The van der Waals surface area contributed by atoms with Crippen molar-refractivity contribution in [1.29, 1.82) is 0 Å². The van der Waals surface area contributed by atoms with Crippen molar-refractivity contribution in [3.63, 3.8) is 0 Å². The Balaban J connectivity index is 2.44. The van der Waals surface area contributed by atoms with Gasteiger partial charge in [-0.15, -0.1) is 0 Å². The Labute approximate surface area is 98.7 Å². The Morgan fingerprint density at radius 3 is 2.56 bits per heavy atom. The highest BCUT2D eigenvalue weighted by Crippen LogP contribution is 2.11. The van der Waals surface area contributed by atoms with Crippen LogP contribution in [0.25, 0.3) is 0 Å². The average Bonchev–Trinajstić information content (AvgIpc) is 2.17. The number of nitrogens with zero attached hydrogens (tertiary/aromatic N) is 2. The van der Waals surface area contributed by atoms with E-state index in [0.29, 0.717) is 0 Å². The maximum absolute atomic E-state index is 6.23. The molecule has 0 radical (unpaired) electrons. The molecule has 16 heavy (non-hydrogen) atoms. The van der Waals surface area contributed by atoms with Gasteiger partial charge in [0.15, 0.2) is 0 Å². The molecule has 0 aliphatic carbocycles. The second-order valence-corrected chi connectivity index (χ2v) is 4.93. The third-order valence-corrected chi connectivity index (χ3v) is 2.65. The topological polar surface area (TPSA) is 42.1 Å². The third-order valence-electron chi connectivity index (χ3n) is 2.65. The van der Waals surface area contributed by atoms with E-state index in [0.717, 1.165) is 25.9 Å². The van der Waals surface area contributed by atoms with E-state index in [9.17, 15) is 0 Å². The van der Waals surface area contributed by atoms with Gasteiger partial charge in [-0.25, -0.2) is 0 Å². The summed E-state index contributed by atoms with van der Waals surface area (Å²) in [5.41, 5.74) is 7.42. The molecule has 1 heterocycles. The predicted molar refractivity (Wildman–Crippen MR) is 68.1 cm³/mol. The van der Waals surface area contributed by atoms with Gasteiger partial charge in [-0.1, -0.05) is 13.3 Å². The second-order valence-electron chi connectivity index (χ2n) is 4.93. The SMILES string of the molecule is CCCC(C)(N)CN(C)Cc1ccncc1. The van der Waals surface area contributed by atoms with Gasteiger partial charge in [0.2, 0.25) is 0 Å². The number of hydrogen-bond acceptors (Lipinski definition) is 3. The van der Waals surface area contributed by atoms with Crippen LogP contribution in [0.15, 0.2) is 24.5 Å². The van der Waals surface area contributed by atoms with Crippen LogP contribution in [0.3, 0.4) is 0 Å². The smallest absolute Gasteiger partial charge is 0.0271 e. The predicted octanol–water partition coefficient (Wildman–Crippen LogP) is 2.03. The van der Waals surface area contributed by atoms with E-state index in [-0.39, 0.29) is 5.54 Å². The molecule has 3 nitrogen and oxygen atoms in total. The van der Waals surface area contributed by atoms with Crippen molar-refractivity contribution in [2.75, 3.05) is 13.6 Å². The third kappa shape index (κ3) is 4.73. The molecule has 0 amide bonds. The van der Waals surface area contributed by atoms with E-state index in [2.05, 4.69) is 30.8 Å². The molecule has 0 fully saturated rings. The van der Waals surface area contributed by atoms with Crippen molar-refractivity contribution in [3.05, 3.63) is 30.1 Å². The molecule has 2 N–H and O–H groups in total. The normalized spacial score (nSPS) is 15.1. The van der Waals surface area contributed by atoms with Crippen LogP contribution in [0.1, 0.15) is 32.3 Å². The molecule has 0 saturated carbocycles. The molecule has 0 aromatic carbocycles. The number of pyridine rings is 1. The Hall–Kier alpha value is -0.930. The zero-order valence-electron chi connectivity index (χ0n) is 10.6. The van der Waals surface area contributed by atoms with Crippen molar-refractivity contribution < 1.29 is 0 Å². The van der Waals surface area contributed by atoms with Crippen LogP contribution in [0.2, 0.25) is 0 Å². The van der Waals surface area contributed by atoms with Crippen LogP contribution in [0.5, 0.6) is 0 Å². The summed E-state index contributed by atoms with van der Waals surface area (Å²) in [6, 6.07) is 4.09. The molecule has 1 unspecified atom stereocenters. The van der Waals surface area contributed by atoms with Crippen LogP contribution in [0, 0.1) is 0 Å². The number of likely N-dealkylation sites (N-methyl/N-ethyl adjacent to an activating group) is 1. The van der Waals surface area contributed by atoms with E-state index < -0.39 is 0 Å². The van der Waals surface area contributed by atoms with Gasteiger partial charge in [0, 0.05) is 31.0 Å². The van der Waals surface area contributed by atoms with Gasteiger partial charge in [0.25, 0.3) is 0 Å². The van der Waals surface area contributed by atoms with E-state index in [1.165, 1.54) is 5.56 Å². The Bertz CT molecular complexity index is 295. The standard InChI is InChI=1S/C13H23N3/c1-4-7-13(2,14)11-16(3)10-12-5-8-15-9-6-12/h5-6,8-9H,4,7,10-11,14H2,1-3H3. The van der Waals surface area contributed by atoms with Crippen molar-refractivity contribution in [1.82, 2.24) is 9.88 Å². The number of rotatable bonds is 6. The summed E-state index contributed by atoms with van der Waals surface area (Å²) in [5.74, 6) is 0. The maximum atomic E-state index is 6.23. The molecule has 3 heteroatoms. The van der Waals surface area contributed by atoms with Crippen LogP contribution < -0.4 is 5.73 Å². The summed E-state index contributed by atoms with van der Waals surface area (Å²) in [4.78, 5) is 6.28. The molecule has 0 spiro atoms. The van der Waals surface area contributed by atoms with E-state index in [1.807, 2.05) is 24.5 Å². The molecule has 0 aliphatic rings. The number of hydrogen-bond donors (Lipinski definition) is 1. The average molecular weight is 221 g/mol. The molecule has 0 saturated heterocycles. The van der Waals surface area contributed by atoms with Crippen LogP contribution in [-0.2, 0) is 6.54 Å². The van der Waals surface area contributed by atoms with Crippen molar-refractivity contribution in [2.24, 2.45) is 5.73 Å². The van der Waals surface area contributed by atoms with Gasteiger partial charge in [-0.3, -0.25) is 4.98 Å². The molecule has 1 rings (SSSR count). The molecular formula is C13H23N3. The molecule has 0 aliphatic heterocycles. The fraction of sp³-hybridized carbons (Fsp3) is 0.615. The lowest BCUT2D eigenvalue weighted by atomic mass is 9.97. The Morgan fingerprint density at radius 1 is 1.38 bits per heavy atom. The highest BCUT2D eigenvalue weighted by atomic mass is 15.1. The van der Waals surface area contributed by atoms with E-state index in [4.69, 9.17) is 5.73 Å². The first-order valence-electron chi connectivity index (χ1n) is 5.90. The quantitative estimate of drug-likeness (QED) is 0.799. The summed E-state index contributed by atoms with van der Waals surface area (Å²) in [7, 11) is 2.11. The second kappa shape index (κ2) is 5.97. The lowest BCUT2D eigenvalue weighted by Gasteiger charge is -2.30. The lowest BCUT2D eigenvalue weighted by molar-refractivity contribution is 0.241. The first-order chi connectivity index (χ1) is 7.53. The van der Waals surface area contributed by atoms with E-state index >= 15 is 0 Å². The summed E-state index contributed by atoms with van der Waals surface area (Å²) >= 11 is 0. The van der Waals surface area contributed by atoms with Crippen LogP contribution >= 0.6 is 0 Å². The van der Waals surface area contributed by atoms with Crippen molar-refractivity contribution in [2.45, 2.75) is 38.8 Å². The molecule has 90 valence electrons. The molecule has 1 atom stereocenters. The van der Waals surface area contributed by atoms with Crippen molar-refractivity contribution >= 4 is 0 Å². The summed E-state index contributed by atoms with van der Waals surface area (Å²) in [6.07, 6.45) is 5.86. The minimum Gasteiger partial charge on any atom is -0.324 e. The number of aromatic nitrogens is 1. The van der Waals surface area contributed by atoms with Gasteiger partial charge >= 0.3 is 0 Å². The fourth-order valence-corrected chi connectivity index (χ4v) is 2.12. The Morgan fingerprint density at radius 2 is 2.00 bits per heavy atom. The Kier molecular flexibility index (Phi) is 4.90. The first kappa shape index (κ1) is 13.1. The maximum Gasteiger partial charge on any atom is 0.0271 e. The molecular weight excluding hydrogens is 198 g/mol. The minimum atomic E-state index is -0.0868. The zero-order valence-corrected chi connectivity index (χ0v) is 10.6. The monoisotopic (exact) mass is 221 g/mol.